The van der Waals surface area contributed by atoms with Crippen molar-refractivity contribution in [1.82, 2.24) is 0 Å². The zero-order valence-electron chi connectivity index (χ0n) is 11.1. The van der Waals surface area contributed by atoms with Crippen LogP contribution in [0.25, 0.3) is 0 Å². The molecule has 0 aliphatic heterocycles. The van der Waals surface area contributed by atoms with E-state index >= 15 is 0 Å². The van der Waals surface area contributed by atoms with Crippen LogP contribution in [0.1, 0.15) is 32.8 Å². The van der Waals surface area contributed by atoms with E-state index in [1.807, 2.05) is 33.0 Å². The van der Waals surface area contributed by atoms with Gasteiger partial charge in [0.15, 0.2) is 0 Å². The SMILES string of the molecule is CCc1ccc(NC)cc1NC(=O)C(C)CC. The molecule has 1 aromatic rings. The Kier molecular flexibility index (Phi) is 5.01. The molecule has 3 heteroatoms. The topological polar surface area (TPSA) is 41.1 Å². The average molecular weight is 234 g/mol. The second-order valence-corrected chi connectivity index (χ2v) is 4.27. The third-order valence-corrected chi connectivity index (χ3v) is 3.10. The van der Waals surface area contributed by atoms with E-state index in [1.54, 1.807) is 0 Å². The number of anilines is 2. The lowest BCUT2D eigenvalue weighted by Crippen LogP contribution is -2.20. The van der Waals surface area contributed by atoms with Gasteiger partial charge in [-0.2, -0.15) is 0 Å². The summed E-state index contributed by atoms with van der Waals surface area (Å²) in [6.07, 6.45) is 1.78. The highest BCUT2D eigenvalue weighted by Gasteiger charge is 2.12. The van der Waals surface area contributed by atoms with E-state index in [2.05, 4.69) is 23.6 Å². The maximum atomic E-state index is 11.9. The molecule has 3 nitrogen and oxygen atoms in total. The van der Waals surface area contributed by atoms with Crippen LogP contribution in [0.3, 0.4) is 0 Å². The summed E-state index contributed by atoms with van der Waals surface area (Å²) >= 11 is 0. The highest BCUT2D eigenvalue weighted by atomic mass is 16.1. The minimum atomic E-state index is 0.0537. The predicted molar refractivity (Wildman–Crippen MR) is 73.5 cm³/mol. The van der Waals surface area contributed by atoms with Crippen LogP contribution < -0.4 is 10.6 Å². The summed E-state index contributed by atoms with van der Waals surface area (Å²) in [5.41, 5.74) is 3.10. The van der Waals surface area contributed by atoms with Crippen LogP contribution in [0.15, 0.2) is 18.2 Å². The van der Waals surface area contributed by atoms with Gasteiger partial charge in [-0.15, -0.1) is 0 Å². The van der Waals surface area contributed by atoms with Crippen LogP contribution in [0.5, 0.6) is 0 Å². The monoisotopic (exact) mass is 234 g/mol. The average Bonchev–Trinajstić information content (AvgIpc) is 2.37. The molecule has 0 saturated heterocycles. The minimum Gasteiger partial charge on any atom is -0.388 e. The molecular formula is C14H22N2O. The molecule has 0 aliphatic rings. The number of amides is 1. The molecule has 1 aromatic carbocycles. The lowest BCUT2D eigenvalue weighted by molar-refractivity contribution is -0.119. The van der Waals surface area contributed by atoms with Crippen molar-refractivity contribution in [3.63, 3.8) is 0 Å². The first kappa shape index (κ1) is 13.6. The van der Waals surface area contributed by atoms with Crippen molar-refractivity contribution >= 4 is 17.3 Å². The minimum absolute atomic E-state index is 0.0537. The van der Waals surface area contributed by atoms with Crippen LogP contribution in [0.2, 0.25) is 0 Å². The van der Waals surface area contributed by atoms with E-state index in [4.69, 9.17) is 0 Å². The summed E-state index contributed by atoms with van der Waals surface area (Å²) in [5, 5.41) is 6.09. The zero-order chi connectivity index (χ0) is 12.8. The summed E-state index contributed by atoms with van der Waals surface area (Å²) in [4.78, 5) is 11.9. The standard InChI is InChI=1S/C14H22N2O/c1-5-10(3)14(17)16-13-9-12(15-4)8-7-11(13)6-2/h7-10,15H,5-6H2,1-4H3,(H,16,17). The van der Waals surface area contributed by atoms with Gasteiger partial charge in [-0.25, -0.2) is 0 Å². The van der Waals surface area contributed by atoms with Crippen LogP contribution in [-0.4, -0.2) is 13.0 Å². The summed E-state index contributed by atoms with van der Waals surface area (Å²) in [7, 11) is 1.88. The second-order valence-electron chi connectivity index (χ2n) is 4.27. The molecule has 0 spiro atoms. The molecule has 0 aromatic heterocycles. The summed E-state index contributed by atoms with van der Waals surface area (Å²) in [6.45, 7) is 6.06. The van der Waals surface area contributed by atoms with Crippen molar-refractivity contribution in [2.45, 2.75) is 33.6 Å². The largest absolute Gasteiger partial charge is 0.388 e. The van der Waals surface area contributed by atoms with Crippen molar-refractivity contribution in [3.05, 3.63) is 23.8 Å². The van der Waals surface area contributed by atoms with Crippen molar-refractivity contribution in [2.24, 2.45) is 5.92 Å². The first-order valence-electron chi connectivity index (χ1n) is 6.23. The smallest absolute Gasteiger partial charge is 0.227 e. The van der Waals surface area contributed by atoms with E-state index in [-0.39, 0.29) is 11.8 Å². The molecule has 17 heavy (non-hydrogen) atoms. The summed E-state index contributed by atoms with van der Waals surface area (Å²) < 4.78 is 0. The summed E-state index contributed by atoms with van der Waals surface area (Å²) in [5.74, 6) is 0.147. The van der Waals surface area contributed by atoms with Crippen LogP contribution in [0.4, 0.5) is 11.4 Å². The normalized spacial score (nSPS) is 12.0. The number of carbonyl (C=O) groups is 1. The molecule has 0 bridgehead atoms. The Morgan fingerprint density at radius 1 is 1.35 bits per heavy atom. The lowest BCUT2D eigenvalue weighted by atomic mass is 10.1. The molecule has 1 atom stereocenters. The Labute approximate surface area is 104 Å². The van der Waals surface area contributed by atoms with E-state index in [0.717, 1.165) is 24.2 Å². The fourth-order valence-electron chi connectivity index (χ4n) is 1.60. The molecule has 0 aliphatic carbocycles. The molecule has 0 heterocycles. The molecule has 1 amide bonds. The lowest BCUT2D eigenvalue weighted by Gasteiger charge is -2.14. The van der Waals surface area contributed by atoms with Gasteiger partial charge in [0.2, 0.25) is 5.91 Å². The van der Waals surface area contributed by atoms with E-state index in [1.165, 1.54) is 5.56 Å². The van der Waals surface area contributed by atoms with Gasteiger partial charge < -0.3 is 10.6 Å². The Balaban J connectivity index is 2.91. The Hall–Kier alpha value is -1.51. The maximum Gasteiger partial charge on any atom is 0.227 e. The molecule has 2 N–H and O–H groups in total. The number of rotatable bonds is 5. The molecule has 1 unspecified atom stereocenters. The van der Waals surface area contributed by atoms with E-state index in [0.29, 0.717) is 0 Å². The Bertz CT molecular complexity index is 388. The highest BCUT2D eigenvalue weighted by molar-refractivity contribution is 5.93. The number of nitrogens with one attached hydrogen (secondary N) is 2. The van der Waals surface area contributed by atoms with Crippen molar-refractivity contribution < 1.29 is 4.79 Å². The van der Waals surface area contributed by atoms with Crippen LogP contribution >= 0.6 is 0 Å². The fraction of sp³-hybridized carbons (Fsp3) is 0.500. The van der Waals surface area contributed by atoms with Gasteiger partial charge in [-0.3, -0.25) is 4.79 Å². The predicted octanol–water partition coefficient (Wildman–Crippen LogP) is 3.28. The first-order chi connectivity index (χ1) is 8.12. The van der Waals surface area contributed by atoms with Gasteiger partial charge in [0.1, 0.15) is 0 Å². The van der Waals surface area contributed by atoms with Gasteiger partial charge in [-0.05, 0) is 30.5 Å². The van der Waals surface area contributed by atoms with Crippen LogP contribution in [-0.2, 0) is 11.2 Å². The number of benzene rings is 1. The quantitative estimate of drug-likeness (QED) is 0.821. The fourth-order valence-corrected chi connectivity index (χ4v) is 1.60. The number of hydrogen-bond donors (Lipinski definition) is 2. The summed E-state index contributed by atoms with van der Waals surface area (Å²) in [6, 6.07) is 6.06. The first-order valence-corrected chi connectivity index (χ1v) is 6.23. The number of hydrogen-bond acceptors (Lipinski definition) is 2. The third kappa shape index (κ3) is 3.48. The van der Waals surface area contributed by atoms with Gasteiger partial charge in [0.05, 0.1) is 0 Å². The number of carbonyl (C=O) groups excluding carboxylic acids is 1. The van der Waals surface area contributed by atoms with Gasteiger partial charge >= 0.3 is 0 Å². The Morgan fingerprint density at radius 2 is 2.06 bits per heavy atom. The van der Waals surface area contributed by atoms with E-state index in [9.17, 15) is 4.79 Å². The van der Waals surface area contributed by atoms with Crippen molar-refractivity contribution in [2.75, 3.05) is 17.7 Å². The van der Waals surface area contributed by atoms with Gasteiger partial charge in [-0.1, -0.05) is 26.8 Å². The molecular weight excluding hydrogens is 212 g/mol. The highest BCUT2D eigenvalue weighted by Crippen LogP contribution is 2.22. The molecule has 0 fully saturated rings. The molecule has 0 radical (unpaired) electrons. The van der Waals surface area contributed by atoms with Gasteiger partial charge in [0, 0.05) is 24.3 Å². The third-order valence-electron chi connectivity index (χ3n) is 3.10. The van der Waals surface area contributed by atoms with Crippen LogP contribution in [0, 0.1) is 5.92 Å². The molecule has 0 saturated carbocycles. The van der Waals surface area contributed by atoms with E-state index < -0.39 is 0 Å². The number of aryl methyl sites for hydroxylation is 1. The second kappa shape index (κ2) is 6.28. The molecule has 1 rings (SSSR count). The zero-order valence-corrected chi connectivity index (χ0v) is 11.1. The molecule has 94 valence electrons. The van der Waals surface area contributed by atoms with Crippen molar-refractivity contribution in [1.29, 1.82) is 0 Å². The van der Waals surface area contributed by atoms with Crippen molar-refractivity contribution in [3.8, 4) is 0 Å². The Morgan fingerprint density at radius 3 is 2.59 bits per heavy atom. The van der Waals surface area contributed by atoms with Gasteiger partial charge in [0.25, 0.3) is 0 Å². The maximum absolute atomic E-state index is 11.9.